The Bertz CT molecular complexity index is 434. The van der Waals surface area contributed by atoms with Crippen molar-refractivity contribution in [1.29, 1.82) is 0 Å². The second-order valence-corrected chi connectivity index (χ2v) is 4.86. The molecule has 1 unspecified atom stereocenters. The lowest BCUT2D eigenvalue weighted by molar-refractivity contribution is -0.148. The van der Waals surface area contributed by atoms with Crippen LogP contribution < -0.4 is 5.32 Å². The fourth-order valence-electron chi connectivity index (χ4n) is 1.54. The maximum absolute atomic E-state index is 11.7. The molecule has 2 N–H and O–H groups in total. The van der Waals surface area contributed by atoms with Crippen molar-refractivity contribution in [3.8, 4) is 0 Å². The quantitative estimate of drug-likeness (QED) is 0.784. The van der Waals surface area contributed by atoms with Gasteiger partial charge in [0.15, 0.2) is 0 Å². The molecule has 1 aromatic rings. The van der Waals surface area contributed by atoms with Gasteiger partial charge in [0.25, 0.3) is 0 Å². The van der Waals surface area contributed by atoms with E-state index in [0.717, 1.165) is 5.56 Å². The van der Waals surface area contributed by atoms with Crippen LogP contribution in [0.3, 0.4) is 0 Å². The lowest BCUT2D eigenvalue weighted by atomic mass is 9.87. The summed E-state index contributed by atoms with van der Waals surface area (Å²) in [6, 6.07) is 3.74. The van der Waals surface area contributed by atoms with Crippen molar-refractivity contribution in [3.05, 3.63) is 30.1 Å². The Morgan fingerprint density at radius 3 is 2.74 bits per heavy atom. The van der Waals surface area contributed by atoms with Crippen LogP contribution in [-0.4, -0.2) is 28.5 Å². The van der Waals surface area contributed by atoms with Gasteiger partial charge in [0.2, 0.25) is 5.91 Å². The molecule has 0 aromatic carbocycles. The van der Waals surface area contributed by atoms with E-state index in [0.29, 0.717) is 19.3 Å². The molecule has 5 nitrogen and oxygen atoms in total. The molecule has 0 spiro atoms. The van der Waals surface area contributed by atoms with Crippen molar-refractivity contribution in [2.75, 3.05) is 6.54 Å². The Morgan fingerprint density at radius 2 is 2.21 bits per heavy atom. The summed E-state index contributed by atoms with van der Waals surface area (Å²) in [6.45, 7) is 3.59. The fourth-order valence-corrected chi connectivity index (χ4v) is 1.54. The van der Waals surface area contributed by atoms with E-state index in [9.17, 15) is 9.59 Å². The van der Waals surface area contributed by atoms with Gasteiger partial charge in [0.05, 0.1) is 5.41 Å². The van der Waals surface area contributed by atoms with Gasteiger partial charge in [-0.1, -0.05) is 13.0 Å². The van der Waals surface area contributed by atoms with Crippen molar-refractivity contribution in [2.45, 2.75) is 33.1 Å². The third-order valence-corrected chi connectivity index (χ3v) is 3.34. The monoisotopic (exact) mass is 264 g/mol. The number of amides is 1. The van der Waals surface area contributed by atoms with Crippen LogP contribution in [0.4, 0.5) is 0 Å². The molecule has 19 heavy (non-hydrogen) atoms. The number of carbonyl (C=O) groups is 2. The third kappa shape index (κ3) is 4.69. The molecule has 1 atom stereocenters. The van der Waals surface area contributed by atoms with Gasteiger partial charge in [0.1, 0.15) is 0 Å². The number of carboxylic acids is 1. The average Bonchev–Trinajstić information content (AvgIpc) is 2.43. The summed E-state index contributed by atoms with van der Waals surface area (Å²) in [5.74, 6) is -1.02. The minimum atomic E-state index is -0.899. The summed E-state index contributed by atoms with van der Waals surface area (Å²) in [5.41, 5.74) is 0.0957. The van der Waals surface area contributed by atoms with Crippen molar-refractivity contribution < 1.29 is 14.7 Å². The van der Waals surface area contributed by atoms with Gasteiger partial charge in [-0.3, -0.25) is 14.6 Å². The minimum Gasteiger partial charge on any atom is -0.481 e. The molecule has 1 rings (SSSR count). The first-order valence-corrected chi connectivity index (χ1v) is 6.37. The van der Waals surface area contributed by atoms with Crippen molar-refractivity contribution in [2.24, 2.45) is 5.41 Å². The average molecular weight is 264 g/mol. The predicted octanol–water partition coefficient (Wildman–Crippen LogP) is 1.63. The van der Waals surface area contributed by atoms with E-state index < -0.39 is 11.4 Å². The lowest BCUT2D eigenvalue weighted by Gasteiger charge is -2.23. The van der Waals surface area contributed by atoms with Crippen LogP contribution >= 0.6 is 0 Å². The number of hydrogen-bond acceptors (Lipinski definition) is 3. The molecule has 0 saturated heterocycles. The largest absolute Gasteiger partial charge is 0.481 e. The SMILES string of the molecule is CCC(C)(CNC(=O)CCc1cccnc1)C(=O)O. The second-order valence-electron chi connectivity index (χ2n) is 4.86. The number of nitrogens with one attached hydrogen (secondary N) is 1. The van der Waals surface area contributed by atoms with Crippen LogP contribution in [0.25, 0.3) is 0 Å². The normalized spacial score (nSPS) is 13.6. The first-order chi connectivity index (χ1) is 8.98. The first kappa shape index (κ1) is 15.1. The summed E-state index contributed by atoms with van der Waals surface area (Å²) in [5, 5.41) is 11.8. The van der Waals surface area contributed by atoms with Crippen LogP contribution in [0.2, 0.25) is 0 Å². The molecule has 104 valence electrons. The lowest BCUT2D eigenvalue weighted by Crippen LogP contribution is -2.40. The Kier molecular flexibility index (Phi) is 5.48. The maximum Gasteiger partial charge on any atom is 0.311 e. The van der Waals surface area contributed by atoms with Crippen molar-refractivity contribution in [3.63, 3.8) is 0 Å². The van der Waals surface area contributed by atoms with Crippen LogP contribution in [0.15, 0.2) is 24.5 Å². The molecule has 1 amide bonds. The van der Waals surface area contributed by atoms with Crippen LogP contribution in [0, 0.1) is 5.41 Å². The molecule has 0 saturated carbocycles. The number of carbonyl (C=O) groups excluding carboxylic acids is 1. The van der Waals surface area contributed by atoms with Crippen molar-refractivity contribution in [1.82, 2.24) is 10.3 Å². The first-order valence-electron chi connectivity index (χ1n) is 6.37. The summed E-state index contributed by atoms with van der Waals surface area (Å²) < 4.78 is 0. The summed E-state index contributed by atoms with van der Waals surface area (Å²) >= 11 is 0. The number of carboxylic acid groups (broad SMARTS) is 1. The number of aromatic nitrogens is 1. The van der Waals surface area contributed by atoms with E-state index in [-0.39, 0.29) is 12.5 Å². The molecule has 1 heterocycles. The Labute approximate surface area is 113 Å². The maximum atomic E-state index is 11.7. The van der Waals surface area contributed by atoms with Gasteiger partial charge in [0, 0.05) is 25.4 Å². The standard InChI is InChI=1S/C14H20N2O3/c1-3-14(2,13(18)19)10-16-12(17)7-6-11-5-4-8-15-9-11/h4-5,8-9H,3,6-7,10H2,1-2H3,(H,16,17)(H,18,19). The molecule has 0 aliphatic rings. The number of hydrogen-bond donors (Lipinski definition) is 2. The highest BCUT2D eigenvalue weighted by molar-refractivity contribution is 5.78. The van der Waals surface area contributed by atoms with E-state index >= 15 is 0 Å². The van der Waals surface area contributed by atoms with E-state index in [1.807, 2.05) is 12.1 Å². The number of aliphatic carboxylic acids is 1. The smallest absolute Gasteiger partial charge is 0.311 e. The summed E-state index contributed by atoms with van der Waals surface area (Å²) in [6.07, 6.45) is 4.83. The number of pyridine rings is 1. The molecular weight excluding hydrogens is 244 g/mol. The highest BCUT2D eigenvalue weighted by Gasteiger charge is 2.31. The van der Waals surface area contributed by atoms with Crippen molar-refractivity contribution >= 4 is 11.9 Å². The second kappa shape index (κ2) is 6.87. The minimum absolute atomic E-state index is 0.134. The topological polar surface area (TPSA) is 79.3 Å². The van der Waals surface area contributed by atoms with Crippen LogP contribution in [-0.2, 0) is 16.0 Å². The summed E-state index contributed by atoms with van der Waals surface area (Å²) in [7, 11) is 0. The van der Waals surface area contributed by atoms with Gasteiger partial charge >= 0.3 is 5.97 Å². The van der Waals surface area contributed by atoms with Crippen LogP contribution in [0.1, 0.15) is 32.3 Å². The van der Waals surface area contributed by atoms with E-state index in [2.05, 4.69) is 10.3 Å². The Hall–Kier alpha value is -1.91. The van der Waals surface area contributed by atoms with Gasteiger partial charge in [-0.15, -0.1) is 0 Å². The molecule has 0 radical (unpaired) electrons. The van der Waals surface area contributed by atoms with Crippen LogP contribution in [0.5, 0.6) is 0 Å². The molecular formula is C14H20N2O3. The third-order valence-electron chi connectivity index (χ3n) is 3.34. The highest BCUT2D eigenvalue weighted by atomic mass is 16.4. The van der Waals surface area contributed by atoms with Gasteiger partial charge in [-0.05, 0) is 31.4 Å². The zero-order chi connectivity index (χ0) is 14.3. The molecule has 0 fully saturated rings. The predicted molar refractivity (Wildman–Crippen MR) is 71.6 cm³/mol. The van der Waals surface area contributed by atoms with Gasteiger partial charge < -0.3 is 10.4 Å². The zero-order valence-corrected chi connectivity index (χ0v) is 11.3. The van der Waals surface area contributed by atoms with Gasteiger partial charge in [-0.25, -0.2) is 0 Å². The Morgan fingerprint density at radius 1 is 1.47 bits per heavy atom. The number of rotatable bonds is 7. The summed E-state index contributed by atoms with van der Waals surface area (Å²) in [4.78, 5) is 26.7. The molecule has 0 aliphatic carbocycles. The molecule has 0 aliphatic heterocycles. The highest BCUT2D eigenvalue weighted by Crippen LogP contribution is 2.19. The Balaban J connectivity index is 2.38. The van der Waals surface area contributed by atoms with E-state index in [1.165, 1.54) is 0 Å². The number of aryl methyl sites for hydroxylation is 1. The van der Waals surface area contributed by atoms with E-state index in [1.54, 1.807) is 26.2 Å². The van der Waals surface area contributed by atoms with E-state index in [4.69, 9.17) is 5.11 Å². The molecule has 0 bridgehead atoms. The zero-order valence-electron chi connectivity index (χ0n) is 11.3. The fraction of sp³-hybridized carbons (Fsp3) is 0.500. The molecule has 1 aromatic heterocycles. The molecule has 5 heteroatoms. The number of nitrogens with zero attached hydrogens (tertiary/aromatic N) is 1. The van der Waals surface area contributed by atoms with Gasteiger partial charge in [-0.2, -0.15) is 0 Å².